The summed E-state index contributed by atoms with van der Waals surface area (Å²) in [4.78, 5) is 16.1. The lowest BCUT2D eigenvalue weighted by Crippen LogP contribution is -2.41. The van der Waals surface area contributed by atoms with Crippen molar-refractivity contribution >= 4 is 29.9 Å². The summed E-state index contributed by atoms with van der Waals surface area (Å²) in [6.45, 7) is 5.44. The van der Waals surface area contributed by atoms with Crippen molar-refractivity contribution in [2.75, 3.05) is 52.9 Å². The molecule has 1 aliphatic rings. The number of nitrogens with zero attached hydrogens (tertiary/aromatic N) is 2. The number of benzene rings is 1. The molecule has 7 heteroatoms. The molecule has 1 aromatic carbocycles. The summed E-state index contributed by atoms with van der Waals surface area (Å²) in [5.74, 6) is 0.908. The Hall–Kier alpha value is -1.01. The molecule has 23 heavy (non-hydrogen) atoms. The van der Waals surface area contributed by atoms with Gasteiger partial charge in [0.1, 0.15) is 12.4 Å². The molecule has 1 amide bonds. The second-order valence-corrected chi connectivity index (χ2v) is 5.93. The van der Waals surface area contributed by atoms with Gasteiger partial charge >= 0.3 is 0 Å². The Morgan fingerprint density at radius 2 is 2.04 bits per heavy atom. The van der Waals surface area contributed by atoms with Crippen LogP contribution in [0.25, 0.3) is 0 Å². The quantitative estimate of drug-likeness (QED) is 0.840. The van der Waals surface area contributed by atoms with Crippen LogP contribution in [0.15, 0.2) is 24.3 Å². The summed E-state index contributed by atoms with van der Waals surface area (Å²) in [6.07, 6.45) is 1.09. The molecule has 5 nitrogen and oxygen atoms in total. The zero-order chi connectivity index (χ0) is 15.8. The maximum absolute atomic E-state index is 12.2. The summed E-state index contributed by atoms with van der Waals surface area (Å²) < 4.78 is 5.62. The minimum absolute atomic E-state index is 0. The maximum atomic E-state index is 12.2. The van der Waals surface area contributed by atoms with E-state index in [1.54, 1.807) is 17.0 Å². The van der Waals surface area contributed by atoms with Crippen molar-refractivity contribution in [2.45, 2.75) is 6.42 Å². The first-order valence-corrected chi connectivity index (χ1v) is 8.08. The molecule has 1 heterocycles. The summed E-state index contributed by atoms with van der Waals surface area (Å²) in [5.41, 5.74) is 0. The molecule has 0 saturated carbocycles. The van der Waals surface area contributed by atoms with Gasteiger partial charge in [0.15, 0.2) is 0 Å². The van der Waals surface area contributed by atoms with E-state index in [9.17, 15) is 4.79 Å². The van der Waals surface area contributed by atoms with Gasteiger partial charge in [-0.3, -0.25) is 9.69 Å². The van der Waals surface area contributed by atoms with Crippen molar-refractivity contribution in [3.8, 4) is 5.75 Å². The van der Waals surface area contributed by atoms with Crippen LogP contribution in [-0.4, -0.2) is 68.6 Å². The van der Waals surface area contributed by atoms with Gasteiger partial charge in [0.25, 0.3) is 0 Å². The monoisotopic (exact) mass is 361 g/mol. The minimum atomic E-state index is 0. The summed E-state index contributed by atoms with van der Waals surface area (Å²) >= 11 is 5.82. The van der Waals surface area contributed by atoms with E-state index >= 15 is 0 Å². The molecule has 0 atom stereocenters. The Bertz CT molecular complexity index is 463. The number of halogens is 2. The third-order valence-corrected chi connectivity index (χ3v) is 3.98. The lowest BCUT2D eigenvalue weighted by molar-refractivity contribution is -0.131. The third kappa shape index (κ3) is 7.40. The topological polar surface area (TPSA) is 44.8 Å². The number of amides is 1. The van der Waals surface area contributed by atoms with Gasteiger partial charge in [0.2, 0.25) is 5.91 Å². The van der Waals surface area contributed by atoms with Crippen molar-refractivity contribution in [2.24, 2.45) is 0 Å². The average molecular weight is 362 g/mol. The molecule has 1 N–H and O–H groups in total. The molecule has 0 aromatic heterocycles. The Morgan fingerprint density at radius 3 is 2.78 bits per heavy atom. The van der Waals surface area contributed by atoms with Gasteiger partial charge in [0.05, 0.1) is 13.1 Å². The highest BCUT2D eigenvalue weighted by atomic mass is 35.5. The van der Waals surface area contributed by atoms with Crippen molar-refractivity contribution < 1.29 is 9.53 Å². The molecular formula is C16H25Cl2N3O2. The first-order chi connectivity index (χ1) is 10.6. The maximum Gasteiger partial charge on any atom is 0.236 e. The van der Waals surface area contributed by atoms with Crippen LogP contribution in [0, 0.1) is 0 Å². The van der Waals surface area contributed by atoms with Crippen molar-refractivity contribution in [3.05, 3.63) is 29.3 Å². The van der Waals surface area contributed by atoms with E-state index in [2.05, 4.69) is 10.2 Å². The van der Waals surface area contributed by atoms with Gasteiger partial charge in [-0.15, -0.1) is 12.4 Å². The summed E-state index contributed by atoms with van der Waals surface area (Å²) in [7, 11) is 1.82. The molecule has 130 valence electrons. The van der Waals surface area contributed by atoms with E-state index in [0.29, 0.717) is 24.7 Å². The second kappa shape index (κ2) is 10.7. The van der Waals surface area contributed by atoms with E-state index in [4.69, 9.17) is 16.3 Å². The number of hydrogen-bond acceptors (Lipinski definition) is 4. The fraction of sp³-hybridized carbons (Fsp3) is 0.562. The normalized spacial score (nSPS) is 15.4. The highest BCUT2D eigenvalue weighted by Gasteiger charge is 2.15. The zero-order valence-electron chi connectivity index (χ0n) is 13.5. The SMILES string of the molecule is CN(CCOc1ccc(Cl)cc1)C(=O)CN1CCCNCC1.Cl. The first-order valence-electron chi connectivity index (χ1n) is 7.70. The van der Waals surface area contributed by atoms with Gasteiger partial charge in [-0.25, -0.2) is 0 Å². The van der Waals surface area contributed by atoms with Crippen LogP contribution in [0.1, 0.15) is 6.42 Å². The largest absolute Gasteiger partial charge is 0.492 e. The smallest absolute Gasteiger partial charge is 0.236 e. The zero-order valence-corrected chi connectivity index (χ0v) is 15.0. The van der Waals surface area contributed by atoms with Crippen LogP contribution in [0.4, 0.5) is 0 Å². The number of ether oxygens (including phenoxy) is 1. The van der Waals surface area contributed by atoms with Crippen LogP contribution >= 0.6 is 24.0 Å². The number of nitrogens with one attached hydrogen (secondary N) is 1. The van der Waals surface area contributed by atoms with E-state index in [1.807, 2.05) is 19.2 Å². The molecule has 0 spiro atoms. The van der Waals surface area contributed by atoms with Crippen LogP contribution in [-0.2, 0) is 4.79 Å². The predicted octanol–water partition coefficient (Wildman–Crippen LogP) is 1.89. The molecule has 0 unspecified atom stereocenters. The fourth-order valence-electron chi connectivity index (χ4n) is 2.33. The van der Waals surface area contributed by atoms with E-state index < -0.39 is 0 Å². The standard InChI is InChI=1S/C16H24ClN3O2.ClH/c1-19(11-12-22-15-5-3-14(17)4-6-15)16(21)13-20-9-2-7-18-8-10-20;/h3-6,18H,2,7-13H2,1H3;1H. The Balaban J connectivity index is 0.00000264. The van der Waals surface area contributed by atoms with Gasteiger partial charge < -0.3 is 15.0 Å². The van der Waals surface area contributed by atoms with E-state index in [-0.39, 0.29) is 18.3 Å². The number of carbonyl (C=O) groups excluding carboxylic acids is 1. The van der Waals surface area contributed by atoms with Crippen molar-refractivity contribution in [1.29, 1.82) is 0 Å². The first kappa shape index (κ1) is 20.0. The highest BCUT2D eigenvalue weighted by molar-refractivity contribution is 6.30. The van der Waals surface area contributed by atoms with Crippen LogP contribution in [0.3, 0.4) is 0 Å². The van der Waals surface area contributed by atoms with Crippen molar-refractivity contribution in [1.82, 2.24) is 15.1 Å². The molecule has 0 bridgehead atoms. The highest BCUT2D eigenvalue weighted by Crippen LogP contribution is 2.15. The molecular weight excluding hydrogens is 337 g/mol. The second-order valence-electron chi connectivity index (χ2n) is 5.50. The Kier molecular flexibility index (Phi) is 9.33. The summed E-state index contributed by atoms with van der Waals surface area (Å²) in [5, 5.41) is 4.03. The predicted molar refractivity (Wildman–Crippen MR) is 95.8 cm³/mol. The van der Waals surface area contributed by atoms with Gasteiger partial charge in [-0.05, 0) is 43.8 Å². The number of rotatable bonds is 6. The summed E-state index contributed by atoms with van der Waals surface area (Å²) in [6, 6.07) is 7.24. The average Bonchev–Trinajstić information content (AvgIpc) is 2.77. The molecule has 1 fully saturated rings. The van der Waals surface area contributed by atoms with Gasteiger partial charge in [0, 0.05) is 25.2 Å². The van der Waals surface area contributed by atoms with Gasteiger partial charge in [-0.2, -0.15) is 0 Å². The van der Waals surface area contributed by atoms with Crippen molar-refractivity contribution in [3.63, 3.8) is 0 Å². The molecule has 1 aromatic rings. The minimum Gasteiger partial charge on any atom is -0.492 e. The number of likely N-dealkylation sites (N-methyl/N-ethyl adjacent to an activating group) is 1. The third-order valence-electron chi connectivity index (χ3n) is 3.73. The van der Waals surface area contributed by atoms with Crippen LogP contribution in [0.2, 0.25) is 5.02 Å². The Morgan fingerprint density at radius 1 is 1.30 bits per heavy atom. The lowest BCUT2D eigenvalue weighted by atomic mass is 10.3. The number of hydrogen-bond donors (Lipinski definition) is 1. The van der Waals surface area contributed by atoms with Crippen LogP contribution < -0.4 is 10.1 Å². The van der Waals surface area contributed by atoms with Crippen LogP contribution in [0.5, 0.6) is 5.75 Å². The molecule has 2 rings (SSSR count). The lowest BCUT2D eigenvalue weighted by Gasteiger charge is -2.23. The molecule has 0 radical (unpaired) electrons. The van der Waals surface area contributed by atoms with E-state index in [1.165, 1.54) is 0 Å². The molecule has 1 saturated heterocycles. The molecule has 1 aliphatic heterocycles. The molecule has 0 aliphatic carbocycles. The van der Waals surface area contributed by atoms with E-state index in [0.717, 1.165) is 38.3 Å². The number of carbonyl (C=O) groups is 1. The fourth-order valence-corrected chi connectivity index (χ4v) is 2.45. The van der Waals surface area contributed by atoms with Gasteiger partial charge in [-0.1, -0.05) is 11.6 Å². The Labute approximate surface area is 149 Å².